The number of pyridine rings is 1. The maximum atomic E-state index is 4.48. The minimum Gasteiger partial charge on any atom is -0.354 e. The number of aromatic nitrogens is 3. The molecule has 0 aliphatic rings. The second-order valence-corrected chi connectivity index (χ2v) is 5.31. The van der Waals surface area contributed by atoms with Crippen LogP contribution in [-0.4, -0.2) is 21.5 Å². The van der Waals surface area contributed by atoms with Crippen LogP contribution in [-0.2, 0) is 6.42 Å². The van der Waals surface area contributed by atoms with Gasteiger partial charge in [-0.25, -0.2) is 9.97 Å². The fraction of sp³-hybridized carbons (Fsp3) is 0.133. The van der Waals surface area contributed by atoms with Gasteiger partial charge in [0.05, 0.1) is 5.52 Å². The molecular formula is C15H13BrN4. The number of nitrogens with one attached hydrogen (secondary N) is 1. The molecule has 0 fully saturated rings. The van der Waals surface area contributed by atoms with E-state index in [1.54, 1.807) is 6.20 Å². The first kappa shape index (κ1) is 13.0. The number of rotatable bonds is 4. The molecule has 0 aliphatic carbocycles. The fourth-order valence-electron chi connectivity index (χ4n) is 1.94. The van der Waals surface area contributed by atoms with Crippen molar-refractivity contribution in [2.45, 2.75) is 6.42 Å². The molecule has 0 amide bonds. The van der Waals surface area contributed by atoms with E-state index in [2.05, 4.69) is 36.2 Å². The molecule has 0 atom stereocenters. The zero-order chi connectivity index (χ0) is 13.8. The fourth-order valence-corrected chi connectivity index (χ4v) is 2.32. The highest BCUT2D eigenvalue weighted by atomic mass is 79.9. The molecule has 5 heteroatoms. The van der Waals surface area contributed by atoms with Gasteiger partial charge in [0.15, 0.2) is 0 Å². The van der Waals surface area contributed by atoms with Crippen molar-refractivity contribution in [3.05, 3.63) is 59.0 Å². The summed E-state index contributed by atoms with van der Waals surface area (Å²) in [7, 11) is 0. The Balaban J connectivity index is 1.67. The van der Waals surface area contributed by atoms with Gasteiger partial charge in [-0.1, -0.05) is 22.0 Å². The Bertz CT molecular complexity index is 715. The zero-order valence-electron chi connectivity index (χ0n) is 10.8. The molecule has 20 heavy (non-hydrogen) atoms. The highest BCUT2D eigenvalue weighted by Gasteiger charge is 2.00. The van der Waals surface area contributed by atoms with Gasteiger partial charge < -0.3 is 5.32 Å². The van der Waals surface area contributed by atoms with E-state index in [9.17, 15) is 0 Å². The number of fused-ring (bicyclic) bond motifs is 1. The van der Waals surface area contributed by atoms with Gasteiger partial charge in [-0.05, 0) is 30.3 Å². The van der Waals surface area contributed by atoms with E-state index in [-0.39, 0.29) is 0 Å². The summed E-state index contributed by atoms with van der Waals surface area (Å²) in [4.78, 5) is 13.1. The number of hydrogen-bond acceptors (Lipinski definition) is 4. The number of nitrogens with zero attached hydrogens (tertiary/aromatic N) is 3. The third kappa shape index (κ3) is 3.11. The molecule has 2 heterocycles. The summed E-state index contributed by atoms with van der Waals surface area (Å²) < 4.78 is 1.03. The number of hydrogen-bond donors (Lipinski definition) is 1. The molecule has 0 bridgehead atoms. The molecule has 3 rings (SSSR count). The van der Waals surface area contributed by atoms with Crippen molar-refractivity contribution in [3.8, 4) is 0 Å². The van der Waals surface area contributed by atoms with Gasteiger partial charge in [0.2, 0.25) is 5.95 Å². The van der Waals surface area contributed by atoms with Crippen molar-refractivity contribution >= 4 is 32.8 Å². The minimum atomic E-state index is 0.649. The van der Waals surface area contributed by atoms with Crippen LogP contribution in [0.15, 0.2) is 53.3 Å². The van der Waals surface area contributed by atoms with E-state index in [4.69, 9.17) is 0 Å². The Morgan fingerprint density at radius 1 is 1.10 bits per heavy atom. The van der Waals surface area contributed by atoms with Crippen LogP contribution in [0.25, 0.3) is 10.9 Å². The number of benzene rings is 1. The van der Waals surface area contributed by atoms with Crippen LogP contribution in [0.3, 0.4) is 0 Å². The maximum Gasteiger partial charge on any atom is 0.223 e. The Kier molecular flexibility index (Phi) is 3.87. The van der Waals surface area contributed by atoms with Gasteiger partial charge >= 0.3 is 0 Å². The normalized spacial score (nSPS) is 10.7. The van der Waals surface area contributed by atoms with Crippen molar-refractivity contribution in [2.75, 3.05) is 11.9 Å². The van der Waals surface area contributed by atoms with Gasteiger partial charge in [0.1, 0.15) is 0 Å². The van der Waals surface area contributed by atoms with Crippen molar-refractivity contribution in [2.24, 2.45) is 0 Å². The first-order valence-corrected chi connectivity index (χ1v) is 7.17. The second kappa shape index (κ2) is 5.96. The lowest BCUT2D eigenvalue weighted by Crippen LogP contribution is -2.08. The Hall–Kier alpha value is -2.01. The van der Waals surface area contributed by atoms with Crippen molar-refractivity contribution in [1.82, 2.24) is 15.0 Å². The van der Waals surface area contributed by atoms with Crippen molar-refractivity contribution < 1.29 is 0 Å². The average Bonchev–Trinajstić information content (AvgIpc) is 2.48. The average molecular weight is 329 g/mol. The van der Waals surface area contributed by atoms with Crippen LogP contribution in [0.4, 0.5) is 5.95 Å². The van der Waals surface area contributed by atoms with Gasteiger partial charge in [0.25, 0.3) is 0 Å². The number of halogens is 1. The van der Waals surface area contributed by atoms with Crippen LogP contribution in [0.1, 0.15) is 5.69 Å². The van der Waals surface area contributed by atoms with E-state index >= 15 is 0 Å². The van der Waals surface area contributed by atoms with E-state index in [0.29, 0.717) is 5.95 Å². The lowest BCUT2D eigenvalue weighted by molar-refractivity contribution is 0.945. The van der Waals surface area contributed by atoms with E-state index < -0.39 is 0 Å². The van der Waals surface area contributed by atoms with Crippen molar-refractivity contribution in [3.63, 3.8) is 0 Å². The topological polar surface area (TPSA) is 50.7 Å². The van der Waals surface area contributed by atoms with Crippen LogP contribution in [0, 0.1) is 0 Å². The Morgan fingerprint density at radius 3 is 2.90 bits per heavy atom. The minimum absolute atomic E-state index is 0.649. The molecule has 1 N–H and O–H groups in total. The van der Waals surface area contributed by atoms with Crippen LogP contribution < -0.4 is 5.32 Å². The van der Waals surface area contributed by atoms with Gasteiger partial charge in [-0.2, -0.15) is 0 Å². The summed E-state index contributed by atoms with van der Waals surface area (Å²) in [6, 6.07) is 11.9. The molecule has 100 valence electrons. The molecule has 0 radical (unpaired) electrons. The second-order valence-electron chi connectivity index (χ2n) is 4.39. The largest absolute Gasteiger partial charge is 0.354 e. The van der Waals surface area contributed by atoms with E-state index in [1.807, 2.05) is 42.6 Å². The van der Waals surface area contributed by atoms with E-state index in [1.165, 1.54) is 0 Å². The summed E-state index contributed by atoms with van der Waals surface area (Å²) in [6.45, 7) is 0.763. The highest BCUT2D eigenvalue weighted by Crippen LogP contribution is 2.18. The lowest BCUT2D eigenvalue weighted by Gasteiger charge is -2.05. The molecule has 4 nitrogen and oxygen atoms in total. The van der Waals surface area contributed by atoms with Crippen LogP contribution >= 0.6 is 15.9 Å². The maximum absolute atomic E-state index is 4.48. The molecule has 0 spiro atoms. The van der Waals surface area contributed by atoms with Crippen LogP contribution in [0.5, 0.6) is 0 Å². The summed E-state index contributed by atoms with van der Waals surface area (Å²) in [5, 5.41) is 4.25. The molecule has 1 aromatic carbocycles. The quantitative estimate of drug-likeness (QED) is 0.797. The highest BCUT2D eigenvalue weighted by molar-refractivity contribution is 9.10. The van der Waals surface area contributed by atoms with Gasteiger partial charge in [-0.15, -0.1) is 0 Å². The molecule has 0 unspecified atom stereocenters. The Labute approximate surface area is 125 Å². The zero-order valence-corrected chi connectivity index (χ0v) is 12.3. The molecule has 2 aromatic heterocycles. The lowest BCUT2D eigenvalue weighted by atomic mass is 10.2. The summed E-state index contributed by atoms with van der Waals surface area (Å²) in [6.07, 6.45) is 4.48. The van der Waals surface area contributed by atoms with Crippen LogP contribution in [0.2, 0.25) is 0 Å². The molecule has 0 saturated heterocycles. The van der Waals surface area contributed by atoms with Gasteiger partial charge in [-0.3, -0.25) is 4.98 Å². The first-order chi connectivity index (χ1) is 9.81. The summed E-state index contributed by atoms with van der Waals surface area (Å²) in [5.74, 6) is 0.649. The standard InChI is InChI=1S/C15H13BrN4/c16-12-4-5-14-11(9-12)10-19-15(20-14)18-8-6-13-3-1-2-7-17-13/h1-5,7,9-10H,6,8H2,(H,18,19,20). The third-order valence-corrected chi connectivity index (χ3v) is 3.43. The molecule has 0 saturated carbocycles. The van der Waals surface area contributed by atoms with Crippen molar-refractivity contribution in [1.29, 1.82) is 0 Å². The van der Waals surface area contributed by atoms with E-state index in [0.717, 1.165) is 34.0 Å². The first-order valence-electron chi connectivity index (χ1n) is 6.37. The predicted molar refractivity (Wildman–Crippen MR) is 83.7 cm³/mol. The summed E-state index contributed by atoms with van der Waals surface area (Å²) in [5.41, 5.74) is 1.99. The SMILES string of the molecule is Brc1ccc2nc(NCCc3ccccn3)ncc2c1. The summed E-state index contributed by atoms with van der Waals surface area (Å²) >= 11 is 3.44. The smallest absolute Gasteiger partial charge is 0.223 e. The third-order valence-electron chi connectivity index (χ3n) is 2.93. The molecule has 0 aliphatic heterocycles. The number of anilines is 1. The molecular weight excluding hydrogens is 316 g/mol. The monoisotopic (exact) mass is 328 g/mol. The predicted octanol–water partition coefficient (Wildman–Crippen LogP) is 3.44. The van der Waals surface area contributed by atoms with Gasteiger partial charge in [0, 0.05) is 40.9 Å². The Morgan fingerprint density at radius 2 is 2.05 bits per heavy atom. The molecule has 3 aromatic rings.